The average molecular weight is 1150 g/mol. The van der Waals surface area contributed by atoms with E-state index in [0.29, 0.717) is 12.0 Å². The van der Waals surface area contributed by atoms with Crippen molar-refractivity contribution in [2.45, 2.75) is 188 Å². The van der Waals surface area contributed by atoms with Crippen molar-refractivity contribution in [1.29, 1.82) is 0 Å². The summed E-state index contributed by atoms with van der Waals surface area (Å²) >= 11 is 1.54. The van der Waals surface area contributed by atoms with Crippen LogP contribution in [0.5, 0.6) is 5.75 Å². The van der Waals surface area contributed by atoms with Crippen LogP contribution < -0.4 is 4.74 Å². The van der Waals surface area contributed by atoms with Crippen LogP contribution in [0.15, 0.2) is 60.7 Å². The Kier molecular flexibility index (Phi) is 21.9. The summed E-state index contributed by atoms with van der Waals surface area (Å²) < 4.78 is 58.5. The maximum Gasteiger partial charge on any atom is 0.508 e. The summed E-state index contributed by atoms with van der Waals surface area (Å²) in [4.78, 5) is 110. The van der Waals surface area contributed by atoms with Gasteiger partial charge in [0.15, 0.2) is 32.4 Å². The van der Waals surface area contributed by atoms with Crippen molar-refractivity contribution >= 4 is 77.3 Å². The number of methoxy groups -OCH3 is 1. The third kappa shape index (κ3) is 16.5. The number of thiazole rings is 1. The molecule has 10 atom stereocenters. The molecule has 438 valence electrons. The summed E-state index contributed by atoms with van der Waals surface area (Å²) in [7, 11) is -1.54. The lowest BCUT2D eigenvalue weighted by Gasteiger charge is -2.45. The minimum Gasteiger partial charge on any atom is -0.467 e. The second kappa shape index (κ2) is 27.3. The third-order valence-corrected chi connectivity index (χ3v) is 20.1. The zero-order valence-electron chi connectivity index (χ0n) is 48.1. The van der Waals surface area contributed by atoms with Crippen molar-refractivity contribution in [3.8, 4) is 5.75 Å². The van der Waals surface area contributed by atoms with Crippen LogP contribution in [-0.2, 0) is 77.7 Å². The van der Waals surface area contributed by atoms with Crippen molar-refractivity contribution in [1.82, 2.24) is 4.98 Å². The summed E-state index contributed by atoms with van der Waals surface area (Å²) in [5.74, 6) is -6.50. The van der Waals surface area contributed by atoms with Gasteiger partial charge in [-0.2, -0.15) is 0 Å². The number of benzene rings is 2. The molecular weight excluding hydrogens is 1080 g/mol. The Morgan fingerprint density at radius 1 is 0.938 bits per heavy atom. The summed E-state index contributed by atoms with van der Waals surface area (Å²) in [6.45, 7) is 26.2. The SMILES string of the molecule is C=CC[C@H]1C(=O)C(C)(C)[C@@H](OC(=O)OCc2ccc(O[C@@H]3O[C@H](C(=O)OC)[C@@H](OC(C)=O)[C@H](OC(C)=O)[C@H]3OC(C)=O)c([N+](=O)[O-])c2)CC(=O)O[C@H](c2ccc3sc(C)nc3c2)C/C=C(/C)CCC[C@H](C)[C@@H]1O[Si](C)(C)C(C)(C)C. The number of allylic oxidation sites excluding steroid dienone is 2. The number of hydrogen-bond acceptors (Lipinski definition) is 21. The largest absolute Gasteiger partial charge is 0.508 e. The number of aromatic nitrogens is 1. The molecule has 2 aliphatic heterocycles. The van der Waals surface area contributed by atoms with Crippen LogP contribution in [0.4, 0.5) is 10.5 Å². The second-order valence-corrected chi connectivity index (χ2v) is 28.3. The maximum atomic E-state index is 15.4. The Labute approximate surface area is 471 Å². The molecule has 1 fully saturated rings. The molecule has 2 aromatic carbocycles. The molecule has 5 rings (SSSR count). The van der Waals surface area contributed by atoms with Gasteiger partial charge in [0.2, 0.25) is 12.4 Å². The van der Waals surface area contributed by atoms with Gasteiger partial charge in [-0.3, -0.25) is 34.1 Å². The minimum atomic E-state index is -2.53. The van der Waals surface area contributed by atoms with Gasteiger partial charge in [-0.15, -0.1) is 17.9 Å². The highest BCUT2D eigenvalue weighted by Crippen LogP contribution is 2.44. The van der Waals surface area contributed by atoms with Crippen molar-refractivity contribution in [3.05, 3.63) is 87.0 Å². The summed E-state index contributed by atoms with van der Waals surface area (Å²) in [6, 6.07) is 9.09. The van der Waals surface area contributed by atoms with Crippen molar-refractivity contribution in [3.63, 3.8) is 0 Å². The number of fused-ring (bicyclic) bond motifs is 1. The molecule has 0 N–H and O–H groups in total. The summed E-state index contributed by atoms with van der Waals surface area (Å²) in [5.41, 5.74) is 0.239. The van der Waals surface area contributed by atoms with Gasteiger partial charge in [-0.1, -0.05) is 57.6 Å². The number of hydrogen-bond donors (Lipinski definition) is 0. The molecule has 3 aromatic rings. The number of carbonyl (C=O) groups excluding carboxylic acids is 7. The lowest BCUT2D eigenvalue weighted by atomic mass is 9.71. The number of ether oxygens (including phenoxy) is 9. The third-order valence-electron chi connectivity index (χ3n) is 14.7. The van der Waals surface area contributed by atoms with Gasteiger partial charge >= 0.3 is 41.7 Å². The fraction of sp³-hybridized carbons (Fsp3) is 0.579. The quantitative estimate of drug-likeness (QED) is 0.0342. The van der Waals surface area contributed by atoms with Gasteiger partial charge in [0.25, 0.3) is 0 Å². The number of aryl methyl sites for hydroxylation is 1. The molecular formula is C57H76N2O19SSi. The molecule has 0 bridgehead atoms. The Morgan fingerprint density at radius 2 is 1.59 bits per heavy atom. The van der Waals surface area contributed by atoms with Crippen molar-refractivity contribution < 1.29 is 85.5 Å². The zero-order valence-corrected chi connectivity index (χ0v) is 49.9. The van der Waals surface area contributed by atoms with Gasteiger partial charge in [0.05, 0.1) is 45.2 Å². The lowest BCUT2D eigenvalue weighted by molar-refractivity contribution is -0.387. The number of esters is 5. The average Bonchev–Trinajstić information content (AvgIpc) is 3.90. The number of nitro groups is 1. The first-order chi connectivity index (χ1) is 37.4. The van der Waals surface area contributed by atoms with Crippen LogP contribution in [0.25, 0.3) is 10.2 Å². The first kappa shape index (κ1) is 64.3. The molecule has 80 heavy (non-hydrogen) atoms. The van der Waals surface area contributed by atoms with Crippen LogP contribution in [-0.4, -0.2) is 110 Å². The van der Waals surface area contributed by atoms with Crippen molar-refractivity contribution in [2.75, 3.05) is 7.11 Å². The smallest absolute Gasteiger partial charge is 0.467 e. The molecule has 1 aromatic heterocycles. The number of carbonyl (C=O) groups is 7. The van der Waals surface area contributed by atoms with E-state index < -0.39 is 134 Å². The Morgan fingerprint density at radius 3 is 2.20 bits per heavy atom. The number of nitrogens with zero attached hydrogens (tertiary/aromatic N) is 2. The first-order valence-electron chi connectivity index (χ1n) is 26.4. The Bertz CT molecular complexity index is 2820. The van der Waals surface area contributed by atoms with E-state index in [2.05, 4.69) is 58.4 Å². The number of cyclic esters (lactones) is 1. The summed E-state index contributed by atoms with van der Waals surface area (Å²) in [5, 5.41) is 13.3. The standard InChI is InChI=1S/C57H76N2O19SSi/c1-16-18-39-47(78-80(14,15)56(8,9)10)32(3)20-17-19-31(2)21-24-42(38-23-26-44-40(28-38)58-33(4)79-44)74-46(63)29-45(57(11,12)52(39)64)76-55(66)70-30-37-22-25-43(41(27-37)59(67)68)75-54-51(73-36(7)62)49(72-35(6)61)48(71-34(5)60)50(77-54)53(65)69-13/h16,21-23,25-28,32,39,42,45,47-51,54H,1,17-20,24,29-30H2,2-15H3/b31-21-/t32-,39+,42-,45-,47-,48-,49-,50-,51+,54+/m0/s1. The van der Waals surface area contributed by atoms with E-state index in [1.807, 2.05) is 32.0 Å². The van der Waals surface area contributed by atoms with E-state index in [1.54, 1.807) is 19.9 Å². The molecule has 3 heterocycles. The molecule has 0 aliphatic carbocycles. The topological polar surface area (TPSA) is 268 Å². The van der Waals surface area contributed by atoms with E-state index in [-0.39, 0.29) is 28.7 Å². The Hall–Kier alpha value is -6.56. The zero-order chi connectivity index (χ0) is 59.6. The van der Waals surface area contributed by atoms with Gasteiger partial charge < -0.3 is 47.1 Å². The number of Topliss-reactive ketones (excluding diaryl/α,β-unsaturated/α-hetero) is 1. The van der Waals surface area contributed by atoms with E-state index in [1.165, 1.54) is 17.4 Å². The molecule has 0 amide bonds. The van der Waals surface area contributed by atoms with Crippen LogP contribution in [0.2, 0.25) is 18.1 Å². The van der Waals surface area contributed by atoms with E-state index in [0.717, 1.165) is 80.1 Å². The molecule has 0 unspecified atom stereocenters. The Balaban J connectivity index is 1.50. The predicted molar refractivity (Wildman–Crippen MR) is 294 cm³/mol. The van der Waals surface area contributed by atoms with Gasteiger partial charge in [0.1, 0.15) is 24.6 Å². The molecule has 0 saturated carbocycles. The molecule has 1 saturated heterocycles. The summed E-state index contributed by atoms with van der Waals surface area (Å²) in [6.07, 6.45) is -7.21. The van der Waals surface area contributed by atoms with Gasteiger partial charge in [-0.05, 0) is 107 Å². The number of ketones is 1. The van der Waals surface area contributed by atoms with Gasteiger partial charge in [0, 0.05) is 39.2 Å². The normalized spacial score (nSPS) is 25.9. The highest BCUT2D eigenvalue weighted by molar-refractivity contribution is 7.18. The fourth-order valence-electron chi connectivity index (χ4n) is 9.40. The maximum absolute atomic E-state index is 15.4. The van der Waals surface area contributed by atoms with Crippen molar-refractivity contribution in [2.24, 2.45) is 17.3 Å². The van der Waals surface area contributed by atoms with Crippen LogP contribution in [0, 0.1) is 34.3 Å². The highest BCUT2D eigenvalue weighted by atomic mass is 32.1. The molecule has 2 aliphatic rings. The van der Waals surface area contributed by atoms with E-state index in [4.69, 9.17) is 47.1 Å². The van der Waals surface area contributed by atoms with Crippen LogP contribution in [0.3, 0.4) is 0 Å². The monoisotopic (exact) mass is 1150 g/mol. The van der Waals surface area contributed by atoms with Crippen LogP contribution in [0.1, 0.15) is 130 Å². The second-order valence-electron chi connectivity index (χ2n) is 22.4. The predicted octanol–water partition coefficient (Wildman–Crippen LogP) is 10.6. The molecule has 0 spiro atoms. The molecule has 23 heteroatoms. The molecule has 21 nitrogen and oxygen atoms in total. The molecule has 0 radical (unpaired) electrons. The highest BCUT2D eigenvalue weighted by Gasteiger charge is 2.56. The first-order valence-corrected chi connectivity index (χ1v) is 30.2. The van der Waals surface area contributed by atoms with Gasteiger partial charge in [-0.25, -0.2) is 14.6 Å². The lowest BCUT2D eigenvalue weighted by Crippen LogP contribution is -2.64. The number of nitro benzene ring substituents is 1. The van der Waals surface area contributed by atoms with E-state index >= 15 is 4.79 Å². The number of rotatable bonds is 15. The van der Waals surface area contributed by atoms with E-state index in [9.17, 15) is 38.9 Å². The fourth-order valence-corrected chi connectivity index (χ4v) is 11.6. The van der Waals surface area contributed by atoms with Crippen LogP contribution >= 0.6 is 11.3 Å². The minimum absolute atomic E-state index is 0.0269.